The topological polar surface area (TPSA) is 39.9 Å². The van der Waals surface area contributed by atoms with Crippen LogP contribution in [0.2, 0.25) is 0 Å². The van der Waals surface area contributed by atoms with Crippen molar-refractivity contribution in [1.82, 2.24) is 0 Å². The van der Waals surface area contributed by atoms with Crippen molar-refractivity contribution in [3.63, 3.8) is 0 Å². The minimum absolute atomic E-state index is 0.421. The van der Waals surface area contributed by atoms with E-state index in [1.165, 1.54) is 57.8 Å². The molecule has 3 rings (SSSR count). The Morgan fingerprint density at radius 2 is 1.17 bits per heavy atom. The Labute approximate surface area is 216 Å². The number of benzene rings is 3. The first kappa shape index (κ1) is 27.0. The lowest BCUT2D eigenvalue weighted by molar-refractivity contribution is 0.0735. The number of ether oxygens (including phenoxy) is 2. The van der Waals surface area contributed by atoms with Crippen molar-refractivity contribution in [1.29, 1.82) is 0 Å². The standard InChI is InChI=1S/C32H37NO3/c1-3-4-5-6-7-8-9-10-11-12-25-35-30-21-17-27(18-22-30)26-13-15-28(16-14-26)32(34)36-31-23-19-29(33-2)20-24-31/h13-24H,3-12,25H2,1H3. The molecule has 3 aromatic rings. The van der Waals surface area contributed by atoms with Gasteiger partial charge in [0.15, 0.2) is 5.69 Å². The zero-order valence-electron chi connectivity index (χ0n) is 21.4. The monoisotopic (exact) mass is 483 g/mol. The van der Waals surface area contributed by atoms with Crippen LogP contribution in [0.15, 0.2) is 72.8 Å². The van der Waals surface area contributed by atoms with E-state index in [0.717, 1.165) is 29.9 Å². The molecule has 0 radical (unpaired) electrons. The minimum Gasteiger partial charge on any atom is -0.494 e. The first-order valence-electron chi connectivity index (χ1n) is 13.2. The molecule has 36 heavy (non-hydrogen) atoms. The van der Waals surface area contributed by atoms with Crippen LogP contribution in [0.1, 0.15) is 81.5 Å². The molecule has 0 aliphatic heterocycles. The molecule has 3 aromatic carbocycles. The lowest BCUT2D eigenvalue weighted by atomic mass is 10.0. The summed E-state index contributed by atoms with van der Waals surface area (Å²) in [7, 11) is 0. The predicted molar refractivity (Wildman–Crippen MR) is 147 cm³/mol. The average Bonchev–Trinajstić information content (AvgIpc) is 2.92. The van der Waals surface area contributed by atoms with Crippen LogP contribution in [-0.4, -0.2) is 12.6 Å². The van der Waals surface area contributed by atoms with E-state index in [4.69, 9.17) is 16.0 Å². The molecule has 0 atom stereocenters. The molecular formula is C32H37NO3. The van der Waals surface area contributed by atoms with Crippen LogP contribution in [0.25, 0.3) is 16.0 Å². The van der Waals surface area contributed by atoms with Crippen LogP contribution >= 0.6 is 0 Å². The third kappa shape index (κ3) is 9.23. The van der Waals surface area contributed by atoms with Crippen molar-refractivity contribution in [2.45, 2.75) is 71.1 Å². The summed E-state index contributed by atoms with van der Waals surface area (Å²) >= 11 is 0. The Hall–Kier alpha value is -3.58. The second kappa shape index (κ2) is 15.4. The smallest absolute Gasteiger partial charge is 0.343 e. The van der Waals surface area contributed by atoms with Gasteiger partial charge in [-0.3, -0.25) is 0 Å². The van der Waals surface area contributed by atoms with E-state index in [1.54, 1.807) is 36.4 Å². The van der Waals surface area contributed by atoms with Crippen molar-refractivity contribution in [2.75, 3.05) is 6.61 Å². The summed E-state index contributed by atoms with van der Waals surface area (Å²) in [5.41, 5.74) is 3.07. The largest absolute Gasteiger partial charge is 0.494 e. The van der Waals surface area contributed by atoms with Crippen LogP contribution in [0.4, 0.5) is 5.69 Å². The second-order valence-corrected chi connectivity index (χ2v) is 9.13. The summed E-state index contributed by atoms with van der Waals surface area (Å²) < 4.78 is 11.3. The quantitative estimate of drug-likeness (QED) is 0.0935. The van der Waals surface area contributed by atoms with Gasteiger partial charge in [-0.15, -0.1) is 0 Å². The maximum Gasteiger partial charge on any atom is 0.343 e. The van der Waals surface area contributed by atoms with E-state index in [9.17, 15) is 4.79 Å². The van der Waals surface area contributed by atoms with Crippen molar-refractivity contribution in [3.8, 4) is 22.6 Å². The highest BCUT2D eigenvalue weighted by molar-refractivity contribution is 5.91. The molecule has 0 unspecified atom stereocenters. The van der Waals surface area contributed by atoms with Gasteiger partial charge in [0.05, 0.1) is 18.7 Å². The van der Waals surface area contributed by atoms with Gasteiger partial charge in [0, 0.05) is 0 Å². The summed E-state index contributed by atoms with van der Waals surface area (Å²) in [5, 5.41) is 0. The van der Waals surface area contributed by atoms with Crippen LogP contribution in [0.3, 0.4) is 0 Å². The summed E-state index contributed by atoms with van der Waals surface area (Å²) in [6.07, 6.45) is 13.2. The fraction of sp³-hybridized carbons (Fsp3) is 0.375. The molecule has 0 fully saturated rings. The molecule has 0 aliphatic carbocycles. The van der Waals surface area contributed by atoms with E-state index >= 15 is 0 Å². The van der Waals surface area contributed by atoms with E-state index in [2.05, 4.69) is 11.8 Å². The zero-order chi connectivity index (χ0) is 25.4. The van der Waals surface area contributed by atoms with Gasteiger partial charge in [0.1, 0.15) is 11.5 Å². The average molecular weight is 484 g/mol. The zero-order valence-corrected chi connectivity index (χ0v) is 21.4. The first-order chi connectivity index (χ1) is 17.7. The highest BCUT2D eigenvalue weighted by Crippen LogP contribution is 2.24. The van der Waals surface area contributed by atoms with Crippen molar-refractivity contribution in [3.05, 3.63) is 89.8 Å². The van der Waals surface area contributed by atoms with Crippen molar-refractivity contribution < 1.29 is 14.3 Å². The molecule has 0 saturated heterocycles. The SMILES string of the molecule is [C-]#[N+]c1ccc(OC(=O)c2ccc(-c3ccc(OCCCCCCCCCCCC)cc3)cc2)cc1. The maximum atomic E-state index is 12.4. The number of nitrogens with zero attached hydrogens (tertiary/aromatic N) is 1. The lowest BCUT2D eigenvalue weighted by Crippen LogP contribution is -2.08. The summed E-state index contributed by atoms with van der Waals surface area (Å²) in [6, 6.07) is 22.0. The lowest BCUT2D eigenvalue weighted by Gasteiger charge is -2.08. The van der Waals surface area contributed by atoms with Crippen molar-refractivity contribution in [2.24, 2.45) is 0 Å². The van der Waals surface area contributed by atoms with Crippen LogP contribution < -0.4 is 9.47 Å². The van der Waals surface area contributed by atoms with Gasteiger partial charge in [0.2, 0.25) is 0 Å². The Bertz CT molecular complexity index is 1080. The Morgan fingerprint density at radius 1 is 0.667 bits per heavy atom. The number of rotatable bonds is 15. The van der Waals surface area contributed by atoms with Gasteiger partial charge in [-0.1, -0.05) is 101 Å². The van der Waals surface area contributed by atoms with Gasteiger partial charge in [-0.25, -0.2) is 9.64 Å². The number of hydrogen-bond acceptors (Lipinski definition) is 3. The van der Waals surface area contributed by atoms with Gasteiger partial charge in [0.25, 0.3) is 0 Å². The van der Waals surface area contributed by atoms with Crippen LogP contribution in [0.5, 0.6) is 11.5 Å². The maximum absolute atomic E-state index is 12.4. The number of hydrogen-bond donors (Lipinski definition) is 0. The molecule has 0 saturated carbocycles. The third-order valence-corrected chi connectivity index (χ3v) is 6.25. The predicted octanol–water partition coefficient (Wildman–Crippen LogP) is 9.42. The first-order valence-corrected chi connectivity index (χ1v) is 13.2. The number of esters is 1. The molecular weight excluding hydrogens is 446 g/mol. The molecule has 0 bridgehead atoms. The molecule has 4 nitrogen and oxygen atoms in total. The molecule has 0 amide bonds. The van der Waals surface area contributed by atoms with Crippen LogP contribution in [0, 0.1) is 6.57 Å². The Kier molecular flexibility index (Phi) is 11.6. The molecule has 0 spiro atoms. The molecule has 0 aromatic heterocycles. The summed E-state index contributed by atoms with van der Waals surface area (Å²) in [4.78, 5) is 15.7. The fourth-order valence-electron chi connectivity index (χ4n) is 4.08. The normalized spacial score (nSPS) is 10.6. The number of unbranched alkanes of at least 4 members (excludes halogenated alkanes) is 9. The molecule has 4 heteroatoms. The third-order valence-electron chi connectivity index (χ3n) is 6.25. The molecule has 0 N–H and O–H groups in total. The van der Waals surface area contributed by atoms with Gasteiger partial charge < -0.3 is 9.47 Å². The number of carbonyl (C=O) groups excluding carboxylic acids is 1. The van der Waals surface area contributed by atoms with Gasteiger partial charge in [-0.2, -0.15) is 0 Å². The highest BCUT2D eigenvalue weighted by atomic mass is 16.5. The molecule has 188 valence electrons. The van der Waals surface area contributed by atoms with E-state index in [0.29, 0.717) is 17.0 Å². The fourth-order valence-corrected chi connectivity index (χ4v) is 4.08. The molecule has 0 heterocycles. The number of carbonyl (C=O) groups is 1. The summed E-state index contributed by atoms with van der Waals surface area (Å²) in [5.74, 6) is 0.886. The minimum atomic E-state index is -0.423. The van der Waals surface area contributed by atoms with Gasteiger partial charge >= 0.3 is 5.97 Å². The Balaban J connectivity index is 1.36. The van der Waals surface area contributed by atoms with Gasteiger partial charge in [-0.05, 0) is 53.9 Å². The van der Waals surface area contributed by atoms with Crippen LogP contribution in [-0.2, 0) is 0 Å². The molecule has 0 aliphatic rings. The van der Waals surface area contributed by atoms with Crippen molar-refractivity contribution >= 4 is 11.7 Å². The van der Waals surface area contributed by atoms with E-state index < -0.39 is 5.97 Å². The van der Waals surface area contributed by atoms with E-state index in [1.807, 2.05) is 36.4 Å². The Morgan fingerprint density at radius 3 is 1.72 bits per heavy atom. The highest BCUT2D eigenvalue weighted by Gasteiger charge is 2.09. The second-order valence-electron chi connectivity index (χ2n) is 9.13. The van der Waals surface area contributed by atoms with E-state index in [-0.39, 0.29) is 0 Å². The summed E-state index contributed by atoms with van der Waals surface area (Å²) in [6.45, 7) is 10.0.